The Morgan fingerprint density at radius 3 is 2.32 bits per heavy atom. The van der Waals surface area contributed by atoms with Crippen LogP contribution in [0.25, 0.3) is 21.9 Å². The number of carbonyl (C=O) groups excluding carboxylic acids is 2. The van der Waals surface area contributed by atoms with Crippen molar-refractivity contribution in [2.75, 3.05) is 5.32 Å². The molecule has 0 fully saturated rings. The van der Waals surface area contributed by atoms with Gasteiger partial charge in [-0.25, -0.2) is 9.78 Å². The fraction of sp³-hybridized carbons (Fsp3) is 0.185. The Balaban J connectivity index is 1.74. The van der Waals surface area contributed by atoms with Crippen LogP contribution in [-0.2, 0) is 16.6 Å². The van der Waals surface area contributed by atoms with Gasteiger partial charge in [-0.3, -0.25) is 9.59 Å². The van der Waals surface area contributed by atoms with Gasteiger partial charge < -0.3 is 14.6 Å². The molecule has 1 amide bonds. The number of esters is 1. The third kappa shape index (κ3) is 4.45. The molecule has 1 unspecified atom stereocenters. The van der Waals surface area contributed by atoms with E-state index in [9.17, 15) is 14.4 Å². The number of nitrogens with zero attached hydrogens (tertiary/aromatic N) is 2. The van der Waals surface area contributed by atoms with Crippen molar-refractivity contribution in [3.05, 3.63) is 94.5 Å². The number of fused-ring (bicyclic) bond motifs is 1. The van der Waals surface area contributed by atoms with E-state index >= 15 is 0 Å². The van der Waals surface area contributed by atoms with E-state index in [0.717, 1.165) is 11.1 Å². The Hall–Kier alpha value is -4.26. The summed E-state index contributed by atoms with van der Waals surface area (Å²) >= 11 is 0. The summed E-state index contributed by atoms with van der Waals surface area (Å²) in [5, 5.41) is 3.82. The molecule has 7 heteroatoms. The molecule has 172 valence electrons. The van der Waals surface area contributed by atoms with Crippen molar-refractivity contribution >= 4 is 28.5 Å². The SMILES string of the molecule is CCC(OC(=O)c1c(-c2ccccc2)c2ccccc2c(=O)n1C)C(=O)Nc1ccc(C)cn1. The molecule has 0 saturated carbocycles. The van der Waals surface area contributed by atoms with Crippen molar-refractivity contribution in [3.63, 3.8) is 0 Å². The lowest BCUT2D eigenvalue weighted by molar-refractivity contribution is -0.124. The van der Waals surface area contributed by atoms with E-state index in [4.69, 9.17) is 4.74 Å². The molecule has 2 aromatic carbocycles. The zero-order valence-corrected chi connectivity index (χ0v) is 19.2. The normalized spacial score (nSPS) is 11.7. The highest BCUT2D eigenvalue weighted by Gasteiger charge is 2.27. The van der Waals surface area contributed by atoms with Crippen LogP contribution >= 0.6 is 0 Å². The molecule has 0 bridgehead atoms. The quantitative estimate of drug-likeness (QED) is 0.433. The van der Waals surface area contributed by atoms with Gasteiger partial charge in [-0.2, -0.15) is 0 Å². The molecular weight excluding hydrogens is 430 g/mol. The second kappa shape index (κ2) is 9.70. The number of amides is 1. The Kier molecular flexibility index (Phi) is 6.54. The number of hydrogen-bond acceptors (Lipinski definition) is 5. The van der Waals surface area contributed by atoms with E-state index in [1.165, 1.54) is 11.6 Å². The van der Waals surface area contributed by atoms with Gasteiger partial charge in [-0.1, -0.05) is 61.5 Å². The minimum atomic E-state index is -1.05. The van der Waals surface area contributed by atoms with Crippen LogP contribution in [0.5, 0.6) is 0 Å². The lowest BCUT2D eigenvalue weighted by Gasteiger charge is -2.20. The van der Waals surface area contributed by atoms with Crippen LogP contribution in [0.2, 0.25) is 0 Å². The maximum atomic E-state index is 13.4. The van der Waals surface area contributed by atoms with Crippen LogP contribution in [0.4, 0.5) is 5.82 Å². The van der Waals surface area contributed by atoms with Gasteiger partial charge in [-0.05, 0) is 42.0 Å². The maximum absolute atomic E-state index is 13.4. The monoisotopic (exact) mass is 455 g/mol. The second-order valence-electron chi connectivity index (χ2n) is 8.01. The number of carbonyl (C=O) groups is 2. The Labute approximate surface area is 197 Å². The predicted octanol–water partition coefficient (Wildman–Crippen LogP) is 4.48. The van der Waals surface area contributed by atoms with Gasteiger partial charge in [0.05, 0.1) is 0 Å². The van der Waals surface area contributed by atoms with E-state index in [2.05, 4.69) is 10.3 Å². The average molecular weight is 456 g/mol. The van der Waals surface area contributed by atoms with Gasteiger partial charge in [0.2, 0.25) is 0 Å². The molecule has 0 spiro atoms. The Bertz CT molecular complexity index is 1410. The smallest absolute Gasteiger partial charge is 0.356 e. The van der Waals surface area contributed by atoms with Gasteiger partial charge >= 0.3 is 5.97 Å². The minimum Gasteiger partial charge on any atom is -0.448 e. The lowest BCUT2D eigenvalue weighted by Crippen LogP contribution is -2.34. The Morgan fingerprint density at radius 1 is 1.00 bits per heavy atom. The number of nitrogens with one attached hydrogen (secondary N) is 1. The molecule has 0 aliphatic heterocycles. The van der Waals surface area contributed by atoms with Crippen LogP contribution in [0.3, 0.4) is 0 Å². The van der Waals surface area contributed by atoms with Crippen molar-refractivity contribution in [1.29, 1.82) is 0 Å². The Morgan fingerprint density at radius 2 is 1.68 bits per heavy atom. The first-order valence-electron chi connectivity index (χ1n) is 11.0. The van der Waals surface area contributed by atoms with Gasteiger partial charge in [0.15, 0.2) is 6.10 Å². The number of aryl methyl sites for hydroxylation is 1. The van der Waals surface area contributed by atoms with E-state index in [1.54, 1.807) is 31.3 Å². The zero-order chi connectivity index (χ0) is 24.2. The van der Waals surface area contributed by atoms with Crippen LogP contribution in [0.1, 0.15) is 29.4 Å². The first-order valence-corrected chi connectivity index (χ1v) is 11.0. The van der Waals surface area contributed by atoms with Crippen molar-refractivity contribution < 1.29 is 14.3 Å². The van der Waals surface area contributed by atoms with Crippen molar-refractivity contribution in [3.8, 4) is 11.1 Å². The number of anilines is 1. The molecule has 4 aromatic rings. The minimum absolute atomic E-state index is 0.0922. The maximum Gasteiger partial charge on any atom is 0.356 e. The topological polar surface area (TPSA) is 90.3 Å². The molecule has 2 heterocycles. The predicted molar refractivity (Wildman–Crippen MR) is 132 cm³/mol. The molecule has 0 aliphatic rings. The molecule has 4 rings (SSSR count). The summed E-state index contributed by atoms with van der Waals surface area (Å²) in [6, 6.07) is 20.0. The fourth-order valence-electron chi connectivity index (χ4n) is 3.86. The number of ether oxygens (including phenoxy) is 1. The summed E-state index contributed by atoms with van der Waals surface area (Å²) in [7, 11) is 1.54. The van der Waals surface area contributed by atoms with Crippen molar-refractivity contribution in [1.82, 2.24) is 9.55 Å². The molecular formula is C27H25N3O4. The summed E-state index contributed by atoms with van der Waals surface area (Å²) < 4.78 is 6.94. The number of hydrogen-bond donors (Lipinski definition) is 1. The van der Waals surface area contributed by atoms with E-state index in [1.807, 2.05) is 55.5 Å². The molecule has 1 N–H and O–H groups in total. The molecule has 7 nitrogen and oxygen atoms in total. The second-order valence-corrected chi connectivity index (χ2v) is 8.01. The van der Waals surface area contributed by atoms with Crippen LogP contribution in [0, 0.1) is 6.92 Å². The van der Waals surface area contributed by atoms with E-state index in [-0.39, 0.29) is 17.7 Å². The van der Waals surface area contributed by atoms with E-state index < -0.39 is 18.0 Å². The third-order valence-corrected chi connectivity index (χ3v) is 5.63. The van der Waals surface area contributed by atoms with Crippen LogP contribution < -0.4 is 10.9 Å². The zero-order valence-electron chi connectivity index (χ0n) is 19.2. The first-order chi connectivity index (χ1) is 16.4. The lowest BCUT2D eigenvalue weighted by atomic mass is 9.97. The molecule has 0 aliphatic carbocycles. The highest BCUT2D eigenvalue weighted by molar-refractivity contribution is 6.07. The molecule has 1 atom stereocenters. The summed E-state index contributed by atoms with van der Waals surface area (Å²) in [6.07, 6.45) is 0.839. The molecule has 2 aromatic heterocycles. The first kappa shape index (κ1) is 22.9. The fourth-order valence-corrected chi connectivity index (χ4v) is 3.86. The average Bonchev–Trinajstić information content (AvgIpc) is 2.86. The van der Waals surface area contributed by atoms with Gasteiger partial charge in [0.25, 0.3) is 11.5 Å². The summed E-state index contributed by atoms with van der Waals surface area (Å²) in [5.74, 6) is -0.865. The summed E-state index contributed by atoms with van der Waals surface area (Å²) in [6.45, 7) is 3.64. The van der Waals surface area contributed by atoms with Gasteiger partial charge in [-0.15, -0.1) is 0 Å². The van der Waals surface area contributed by atoms with Gasteiger partial charge in [0.1, 0.15) is 11.5 Å². The molecule has 0 saturated heterocycles. The standard InChI is InChI=1S/C27H25N3O4/c1-4-21(25(31)29-22-15-14-17(2)16-28-22)34-27(33)24-23(18-10-6-5-7-11-18)19-12-8-9-13-20(19)26(32)30(24)3/h5-16,21H,4H2,1-3H3,(H,28,29,31). The number of rotatable bonds is 6. The largest absolute Gasteiger partial charge is 0.448 e. The molecule has 0 radical (unpaired) electrons. The highest BCUT2D eigenvalue weighted by atomic mass is 16.5. The van der Waals surface area contributed by atoms with Crippen molar-refractivity contribution in [2.24, 2.45) is 7.05 Å². The number of pyridine rings is 2. The van der Waals surface area contributed by atoms with Crippen LogP contribution in [0.15, 0.2) is 77.7 Å². The van der Waals surface area contributed by atoms with Gasteiger partial charge in [0, 0.05) is 24.2 Å². The molecule has 34 heavy (non-hydrogen) atoms. The highest BCUT2D eigenvalue weighted by Crippen LogP contribution is 2.31. The third-order valence-electron chi connectivity index (χ3n) is 5.63. The number of aromatic nitrogens is 2. The van der Waals surface area contributed by atoms with E-state index in [0.29, 0.717) is 22.2 Å². The van der Waals surface area contributed by atoms with Crippen LogP contribution in [-0.4, -0.2) is 27.5 Å². The summed E-state index contributed by atoms with van der Waals surface area (Å²) in [4.78, 5) is 43.5. The van der Waals surface area contributed by atoms with Crippen molar-refractivity contribution in [2.45, 2.75) is 26.4 Å². The number of benzene rings is 2. The summed E-state index contributed by atoms with van der Waals surface area (Å²) in [5.41, 5.74) is 2.08.